The van der Waals surface area contributed by atoms with Crippen LogP contribution in [0.2, 0.25) is 0 Å². The fraction of sp³-hybridized carbons (Fsp3) is 0.286. The standard InChI is InChI=1S/C21H21N3O3/c1-14-13-16-5-3-4-6-18(16)24(14)20(25)12-11-19-22-21(23-27-19)15-7-9-17(26-2)10-8-15/h3-10,14H,11-13H2,1-2H3/t14-/m1/s1. The van der Waals surface area contributed by atoms with E-state index in [1.807, 2.05) is 47.4 Å². The Kier molecular flexibility index (Phi) is 4.62. The third-order valence-corrected chi connectivity index (χ3v) is 4.84. The van der Waals surface area contributed by atoms with Crippen LogP contribution < -0.4 is 9.64 Å². The van der Waals surface area contributed by atoms with E-state index in [0.717, 1.165) is 23.4 Å². The molecule has 2 aromatic carbocycles. The van der Waals surface area contributed by atoms with E-state index >= 15 is 0 Å². The molecule has 0 aliphatic carbocycles. The molecule has 1 aromatic heterocycles. The molecule has 27 heavy (non-hydrogen) atoms. The predicted octanol–water partition coefficient (Wildman–Crippen LogP) is 3.66. The maximum Gasteiger partial charge on any atom is 0.227 e. The molecule has 0 radical (unpaired) electrons. The number of amides is 1. The second-order valence-corrected chi connectivity index (χ2v) is 6.69. The normalized spacial score (nSPS) is 15.6. The van der Waals surface area contributed by atoms with Gasteiger partial charge in [-0.25, -0.2) is 0 Å². The third kappa shape index (κ3) is 3.43. The zero-order valence-corrected chi connectivity index (χ0v) is 15.4. The van der Waals surface area contributed by atoms with Crippen LogP contribution in [0.5, 0.6) is 5.75 Å². The Morgan fingerprint density at radius 1 is 1.22 bits per heavy atom. The van der Waals surface area contributed by atoms with Gasteiger partial charge in [0, 0.05) is 30.1 Å². The molecular formula is C21H21N3O3. The summed E-state index contributed by atoms with van der Waals surface area (Å²) in [6.45, 7) is 2.08. The molecule has 3 aromatic rings. The number of methoxy groups -OCH3 is 1. The van der Waals surface area contributed by atoms with Gasteiger partial charge in [-0.2, -0.15) is 4.98 Å². The van der Waals surface area contributed by atoms with Crippen LogP contribution in [0.4, 0.5) is 5.69 Å². The molecule has 2 heterocycles. The van der Waals surface area contributed by atoms with Crippen LogP contribution in [0.25, 0.3) is 11.4 Å². The highest BCUT2D eigenvalue weighted by Gasteiger charge is 2.30. The Balaban J connectivity index is 1.42. The van der Waals surface area contributed by atoms with E-state index in [1.165, 1.54) is 5.56 Å². The zero-order valence-electron chi connectivity index (χ0n) is 15.4. The maximum atomic E-state index is 12.8. The number of aryl methyl sites for hydroxylation is 1. The maximum absolute atomic E-state index is 12.8. The van der Waals surface area contributed by atoms with Crippen molar-refractivity contribution in [1.29, 1.82) is 0 Å². The number of carbonyl (C=O) groups excluding carboxylic acids is 1. The number of aromatic nitrogens is 2. The average Bonchev–Trinajstić information content (AvgIpc) is 3.30. The summed E-state index contributed by atoms with van der Waals surface area (Å²) in [4.78, 5) is 19.1. The lowest BCUT2D eigenvalue weighted by Crippen LogP contribution is -2.35. The second kappa shape index (κ2) is 7.23. The first kappa shape index (κ1) is 17.3. The van der Waals surface area contributed by atoms with Crippen molar-refractivity contribution < 1.29 is 14.1 Å². The van der Waals surface area contributed by atoms with E-state index in [-0.39, 0.29) is 11.9 Å². The summed E-state index contributed by atoms with van der Waals surface area (Å²) in [6, 6.07) is 15.7. The Morgan fingerprint density at radius 3 is 2.78 bits per heavy atom. The summed E-state index contributed by atoms with van der Waals surface area (Å²) in [5, 5.41) is 4.02. The highest BCUT2D eigenvalue weighted by atomic mass is 16.5. The van der Waals surface area contributed by atoms with E-state index in [0.29, 0.717) is 24.6 Å². The van der Waals surface area contributed by atoms with Crippen molar-refractivity contribution in [3.8, 4) is 17.1 Å². The number of anilines is 1. The zero-order chi connectivity index (χ0) is 18.8. The minimum absolute atomic E-state index is 0.0802. The van der Waals surface area contributed by atoms with Gasteiger partial charge in [-0.3, -0.25) is 4.79 Å². The van der Waals surface area contributed by atoms with Crippen LogP contribution in [0, 0.1) is 0 Å². The van der Waals surface area contributed by atoms with Gasteiger partial charge in [0.25, 0.3) is 0 Å². The number of fused-ring (bicyclic) bond motifs is 1. The Labute approximate surface area is 157 Å². The SMILES string of the molecule is COc1ccc(-c2noc(CCC(=O)N3c4ccccc4C[C@H]3C)n2)cc1. The fourth-order valence-electron chi connectivity index (χ4n) is 3.49. The monoisotopic (exact) mass is 363 g/mol. The second-order valence-electron chi connectivity index (χ2n) is 6.69. The summed E-state index contributed by atoms with van der Waals surface area (Å²) in [5.74, 6) is 1.83. The van der Waals surface area contributed by atoms with Crippen molar-refractivity contribution in [2.75, 3.05) is 12.0 Å². The minimum Gasteiger partial charge on any atom is -0.497 e. The van der Waals surface area contributed by atoms with Gasteiger partial charge >= 0.3 is 0 Å². The first-order valence-electron chi connectivity index (χ1n) is 9.02. The summed E-state index contributed by atoms with van der Waals surface area (Å²) >= 11 is 0. The molecule has 0 fully saturated rings. The highest BCUT2D eigenvalue weighted by molar-refractivity contribution is 5.96. The molecule has 1 aliphatic rings. The van der Waals surface area contributed by atoms with Crippen molar-refractivity contribution in [2.24, 2.45) is 0 Å². The summed E-state index contributed by atoms with van der Waals surface area (Å²) in [7, 11) is 1.62. The molecule has 0 saturated heterocycles. The van der Waals surface area contributed by atoms with Gasteiger partial charge in [-0.1, -0.05) is 23.4 Å². The number of hydrogen-bond acceptors (Lipinski definition) is 5. The summed E-state index contributed by atoms with van der Waals surface area (Å²) in [5.41, 5.74) is 3.08. The minimum atomic E-state index is 0.0802. The van der Waals surface area contributed by atoms with E-state index in [1.54, 1.807) is 7.11 Å². The molecule has 1 aliphatic heterocycles. The van der Waals surface area contributed by atoms with Gasteiger partial charge in [0.1, 0.15) is 5.75 Å². The topological polar surface area (TPSA) is 68.5 Å². The van der Waals surface area contributed by atoms with E-state index in [4.69, 9.17) is 9.26 Å². The Bertz CT molecular complexity index is 949. The molecule has 6 nitrogen and oxygen atoms in total. The number of para-hydroxylation sites is 1. The van der Waals surface area contributed by atoms with Gasteiger partial charge < -0.3 is 14.2 Å². The van der Waals surface area contributed by atoms with Crippen LogP contribution in [-0.2, 0) is 17.6 Å². The quantitative estimate of drug-likeness (QED) is 0.692. The molecular weight excluding hydrogens is 342 g/mol. The molecule has 138 valence electrons. The molecule has 0 saturated carbocycles. The molecule has 0 N–H and O–H groups in total. The van der Waals surface area contributed by atoms with Crippen LogP contribution in [0.15, 0.2) is 53.1 Å². The van der Waals surface area contributed by atoms with Gasteiger partial charge in [-0.05, 0) is 49.2 Å². The van der Waals surface area contributed by atoms with E-state index < -0.39 is 0 Å². The number of hydrogen-bond donors (Lipinski definition) is 0. The lowest BCUT2D eigenvalue weighted by molar-refractivity contribution is -0.118. The average molecular weight is 363 g/mol. The van der Waals surface area contributed by atoms with Gasteiger partial charge in [-0.15, -0.1) is 0 Å². The Hall–Kier alpha value is -3.15. The summed E-state index contributed by atoms with van der Waals surface area (Å²) in [6.07, 6.45) is 1.65. The molecule has 1 amide bonds. The Morgan fingerprint density at radius 2 is 2.00 bits per heavy atom. The van der Waals surface area contributed by atoms with Crippen LogP contribution in [0.1, 0.15) is 24.8 Å². The number of rotatable bonds is 5. The fourth-order valence-corrected chi connectivity index (χ4v) is 3.49. The third-order valence-electron chi connectivity index (χ3n) is 4.84. The van der Waals surface area contributed by atoms with E-state index in [2.05, 4.69) is 23.1 Å². The van der Waals surface area contributed by atoms with E-state index in [9.17, 15) is 4.79 Å². The molecule has 0 unspecified atom stereocenters. The van der Waals surface area contributed by atoms with Crippen molar-refractivity contribution >= 4 is 11.6 Å². The molecule has 0 spiro atoms. The first-order valence-corrected chi connectivity index (χ1v) is 9.02. The number of ether oxygens (including phenoxy) is 1. The lowest BCUT2D eigenvalue weighted by atomic mass is 10.1. The molecule has 6 heteroatoms. The van der Waals surface area contributed by atoms with Crippen LogP contribution in [0.3, 0.4) is 0 Å². The smallest absolute Gasteiger partial charge is 0.227 e. The van der Waals surface area contributed by atoms with Crippen molar-refractivity contribution in [2.45, 2.75) is 32.2 Å². The van der Waals surface area contributed by atoms with Gasteiger partial charge in [0.2, 0.25) is 17.6 Å². The van der Waals surface area contributed by atoms with Crippen molar-refractivity contribution in [3.63, 3.8) is 0 Å². The molecule has 0 bridgehead atoms. The largest absolute Gasteiger partial charge is 0.497 e. The highest BCUT2D eigenvalue weighted by Crippen LogP contribution is 2.32. The van der Waals surface area contributed by atoms with Gasteiger partial charge in [0.05, 0.1) is 7.11 Å². The number of nitrogens with zero attached hydrogens (tertiary/aromatic N) is 3. The van der Waals surface area contributed by atoms with Crippen molar-refractivity contribution in [1.82, 2.24) is 10.1 Å². The van der Waals surface area contributed by atoms with Crippen molar-refractivity contribution in [3.05, 3.63) is 60.0 Å². The predicted molar refractivity (Wildman–Crippen MR) is 102 cm³/mol. The number of benzene rings is 2. The molecule has 1 atom stereocenters. The summed E-state index contributed by atoms with van der Waals surface area (Å²) < 4.78 is 10.5. The number of carbonyl (C=O) groups is 1. The van der Waals surface area contributed by atoms with Crippen LogP contribution in [-0.4, -0.2) is 29.2 Å². The van der Waals surface area contributed by atoms with Crippen LogP contribution >= 0.6 is 0 Å². The lowest BCUT2D eigenvalue weighted by Gasteiger charge is -2.22. The molecule has 4 rings (SSSR count). The van der Waals surface area contributed by atoms with Gasteiger partial charge in [0.15, 0.2) is 0 Å². The first-order chi connectivity index (χ1) is 13.2.